The molecule has 0 saturated heterocycles. The molecule has 0 aromatic heterocycles. The molecule has 4 aliphatic rings. The van der Waals surface area contributed by atoms with Crippen LogP contribution in [0.2, 0.25) is 0 Å². The van der Waals surface area contributed by atoms with Crippen LogP contribution in [0.25, 0.3) is 5.57 Å². The van der Waals surface area contributed by atoms with Gasteiger partial charge in [0, 0.05) is 36.2 Å². The summed E-state index contributed by atoms with van der Waals surface area (Å²) in [5.74, 6) is 0.872. The molecule has 1 aromatic rings. The number of hydrogen-bond donors (Lipinski definition) is 1. The van der Waals surface area contributed by atoms with E-state index in [4.69, 9.17) is 0 Å². The summed E-state index contributed by atoms with van der Waals surface area (Å²) in [5, 5.41) is 9.66. The number of nitrogens with zero attached hydrogens (tertiary/aromatic N) is 1. The van der Waals surface area contributed by atoms with Crippen molar-refractivity contribution in [2.75, 3.05) is 18.0 Å². The molecule has 0 unspecified atom stereocenters. The van der Waals surface area contributed by atoms with Crippen LogP contribution in [0.15, 0.2) is 30.4 Å². The van der Waals surface area contributed by atoms with Crippen LogP contribution in [0.4, 0.5) is 5.69 Å². The third-order valence-electron chi connectivity index (χ3n) is 5.91. The van der Waals surface area contributed by atoms with E-state index >= 15 is 0 Å². The molecule has 0 spiro atoms. The highest BCUT2D eigenvalue weighted by molar-refractivity contribution is 6.00. The van der Waals surface area contributed by atoms with E-state index in [9.17, 15) is 9.90 Å². The van der Waals surface area contributed by atoms with E-state index in [1.165, 1.54) is 23.2 Å². The van der Waals surface area contributed by atoms with Crippen LogP contribution >= 0.6 is 0 Å². The Morgan fingerprint density at radius 3 is 3.05 bits per heavy atom. The second-order valence-corrected chi connectivity index (χ2v) is 7.02. The fourth-order valence-corrected chi connectivity index (χ4v) is 5.00. The van der Waals surface area contributed by atoms with Crippen molar-refractivity contribution in [1.29, 1.82) is 0 Å². The highest BCUT2D eigenvalue weighted by atomic mass is 16.4. The van der Waals surface area contributed by atoms with E-state index in [1.54, 1.807) is 0 Å². The largest absolute Gasteiger partial charge is 0.478 e. The van der Waals surface area contributed by atoms with E-state index in [1.807, 2.05) is 6.07 Å². The number of aromatic carboxylic acids is 1. The van der Waals surface area contributed by atoms with Gasteiger partial charge in [0.05, 0.1) is 5.56 Å². The Balaban J connectivity index is 1.80. The van der Waals surface area contributed by atoms with Crippen molar-refractivity contribution in [3.8, 4) is 0 Å². The average Bonchev–Trinajstić information content (AvgIpc) is 3.15. The van der Waals surface area contributed by atoms with Gasteiger partial charge in [-0.25, -0.2) is 4.79 Å². The van der Waals surface area contributed by atoms with Crippen molar-refractivity contribution in [2.45, 2.75) is 25.2 Å². The summed E-state index contributed by atoms with van der Waals surface area (Å²) < 4.78 is 0. The van der Waals surface area contributed by atoms with Gasteiger partial charge >= 0.3 is 5.97 Å². The topological polar surface area (TPSA) is 40.5 Å². The van der Waals surface area contributed by atoms with Crippen LogP contribution in [-0.2, 0) is 0 Å². The maximum Gasteiger partial charge on any atom is 0.336 e. The first-order valence-electron chi connectivity index (χ1n) is 8.26. The van der Waals surface area contributed by atoms with E-state index in [0.29, 0.717) is 23.3 Å². The lowest BCUT2D eigenvalue weighted by Crippen LogP contribution is -2.42. The molecule has 1 N–H and O–H groups in total. The minimum Gasteiger partial charge on any atom is -0.478 e. The number of anilines is 1. The average molecular weight is 293 g/mol. The highest BCUT2D eigenvalue weighted by Crippen LogP contribution is 2.53. The number of rotatable bonds is 1. The molecule has 1 aromatic carbocycles. The lowest BCUT2D eigenvalue weighted by molar-refractivity contribution is 0.0696. The van der Waals surface area contributed by atoms with E-state index in [-0.39, 0.29) is 0 Å². The van der Waals surface area contributed by atoms with Gasteiger partial charge in [-0.05, 0) is 42.4 Å². The first-order valence-corrected chi connectivity index (χ1v) is 8.26. The smallest absolute Gasteiger partial charge is 0.336 e. The first-order chi connectivity index (χ1) is 10.7. The summed E-state index contributed by atoms with van der Waals surface area (Å²) in [6.07, 6.45) is 10.3. The van der Waals surface area contributed by atoms with E-state index in [0.717, 1.165) is 31.5 Å². The molecule has 2 heterocycles. The second kappa shape index (κ2) is 4.25. The van der Waals surface area contributed by atoms with Crippen LogP contribution in [0.1, 0.15) is 46.7 Å². The molecule has 112 valence electrons. The van der Waals surface area contributed by atoms with Crippen molar-refractivity contribution in [2.24, 2.45) is 11.8 Å². The minimum absolute atomic E-state index is 0.478. The molecular formula is C19H19NO2. The van der Waals surface area contributed by atoms with Gasteiger partial charge in [-0.1, -0.05) is 24.3 Å². The predicted octanol–water partition coefficient (Wildman–Crippen LogP) is 3.67. The Morgan fingerprint density at radius 2 is 2.18 bits per heavy atom. The zero-order valence-corrected chi connectivity index (χ0v) is 12.5. The van der Waals surface area contributed by atoms with Gasteiger partial charge in [-0.2, -0.15) is 0 Å². The number of carboxylic acids is 1. The minimum atomic E-state index is -0.796. The van der Waals surface area contributed by atoms with E-state index < -0.39 is 5.97 Å². The van der Waals surface area contributed by atoms with Crippen LogP contribution in [0.3, 0.4) is 0 Å². The summed E-state index contributed by atoms with van der Waals surface area (Å²) in [6.45, 7) is 2.14. The maximum absolute atomic E-state index is 11.8. The Bertz CT molecular complexity index is 746. The number of allylic oxidation sites excluding steroid dienone is 3. The third kappa shape index (κ3) is 1.49. The second-order valence-electron chi connectivity index (χ2n) is 7.02. The molecule has 2 aliphatic heterocycles. The van der Waals surface area contributed by atoms with E-state index in [2.05, 4.69) is 29.2 Å². The van der Waals surface area contributed by atoms with Crippen LogP contribution in [0.5, 0.6) is 0 Å². The maximum atomic E-state index is 11.8. The van der Waals surface area contributed by atoms with Gasteiger partial charge in [0.1, 0.15) is 0 Å². The Morgan fingerprint density at radius 1 is 1.27 bits per heavy atom. The van der Waals surface area contributed by atoms with Gasteiger partial charge in [-0.15, -0.1) is 0 Å². The van der Waals surface area contributed by atoms with Crippen LogP contribution in [-0.4, -0.2) is 24.2 Å². The van der Waals surface area contributed by atoms with Crippen LogP contribution in [0, 0.1) is 11.8 Å². The summed E-state index contributed by atoms with van der Waals surface area (Å²) in [5.41, 5.74) is 5.37. The third-order valence-corrected chi connectivity index (χ3v) is 5.91. The number of carbonyl (C=O) groups is 1. The van der Waals surface area contributed by atoms with Crippen molar-refractivity contribution < 1.29 is 9.90 Å². The normalized spacial score (nSPS) is 30.6. The van der Waals surface area contributed by atoms with Gasteiger partial charge in [0.25, 0.3) is 0 Å². The fourth-order valence-electron chi connectivity index (χ4n) is 5.00. The molecule has 0 bridgehead atoms. The monoisotopic (exact) mass is 293 g/mol. The summed E-state index contributed by atoms with van der Waals surface area (Å²) >= 11 is 0. The van der Waals surface area contributed by atoms with Crippen molar-refractivity contribution in [3.63, 3.8) is 0 Å². The molecule has 0 radical (unpaired) electrons. The standard InChI is InChI=1S/C19H19NO2/c21-19(22)16-8-7-15-13-5-1-3-11(13)9-20-10-12-4-2-6-14(12)17(16)18(15)20/h1,5-8,11-13H,2-4,9-10H2,(H,21,22)/t11-,12-,13+/m1/s1. The van der Waals surface area contributed by atoms with Gasteiger partial charge in [0.15, 0.2) is 0 Å². The van der Waals surface area contributed by atoms with Crippen molar-refractivity contribution in [3.05, 3.63) is 47.1 Å². The zero-order chi connectivity index (χ0) is 14.8. The molecule has 3 heteroatoms. The molecule has 2 aliphatic carbocycles. The fraction of sp³-hybridized carbons (Fsp3) is 0.421. The number of fused-ring (bicyclic) bond motifs is 4. The molecular weight excluding hydrogens is 274 g/mol. The molecule has 22 heavy (non-hydrogen) atoms. The first kappa shape index (κ1) is 12.5. The Kier molecular flexibility index (Phi) is 2.42. The SMILES string of the molecule is O=C(O)c1ccc2c3c1C1=CCC[C@@H]1CN3C[C@H]1CC=C[C@H]21. The highest BCUT2D eigenvalue weighted by Gasteiger charge is 2.42. The number of hydrogen-bond acceptors (Lipinski definition) is 2. The molecule has 0 fully saturated rings. The zero-order valence-electron chi connectivity index (χ0n) is 12.5. The molecule has 0 saturated carbocycles. The molecule has 3 nitrogen and oxygen atoms in total. The number of carboxylic acid groups (broad SMARTS) is 1. The van der Waals surface area contributed by atoms with Crippen molar-refractivity contribution >= 4 is 17.2 Å². The molecule has 3 atom stereocenters. The predicted molar refractivity (Wildman–Crippen MR) is 86.3 cm³/mol. The summed E-state index contributed by atoms with van der Waals surface area (Å²) in [4.78, 5) is 14.2. The molecule has 5 rings (SSSR count). The lowest BCUT2D eigenvalue weighted by Gasteiger charge is -2.45. The number of benzene rings is 1. The molecule has 0 amide bonds. The summed E-state index contributed by atoms with van der Waals surface area (Å²) in [7, 11) is 0. The van der Waals surface area contributed by atoms with Gasteiger partial charge < -0.3 is 10.0 Å². The Labute approximate surface area is 129 Å². The summed E-state index contributed by atoms with van der Waals surface area (Å²) in [6, 6.07) is 3.91. The van der Waals surface area contributed by atoms with Crippen molar-refractivity contribution in [1.82, 2.24) is 0 Å². The van der Waals surface area contributed by atoms with Gasteiger partial charge in [-0.3, -0.25) is 0 Å². The quantitative estimate of drug-likeness (QED) is 0.803. The Hall–Kier alpha value is -2.03. The lowest BCUT2D eigenvalue weighted by atomic mass is 9.76. The van der Waals surface area contributed by atoms with Crippen LogP contribution < -0.4 is 4.90 Å². The van der Waals surface area contributed by atoms with Gasteiger partial charge in [0.2, 0.25) is 0 Å².